The fourth-order valence-electron chi connectivity index (χ4n) is 2.98. The van der Waals surface area contributed by atoms with Gasteiger partial charge in [-0.3, -0.25) is 4.79 Å². The number of para-hydroxylation sites is 1. The quantitative estimate of drug-likeness (QED) is 0.723. The Balaban J connectivity index is 0.000000192. The number of benzene rings is 1. The van der Waals surface area contributed by atoms with Gasteiger partial charge < -0.3 is 15.6 Å². The summed E-state index contributed by atoms with van der Waals surface area (Å²) in [6.07, 6.45) is 10.3. The number of carbonyl (C=O) groups excluding carboxylic acids is 1. The second-order valence-corrected chi connectivity index (χ2v) is 6.96. The molecular weight excluding hydrogens is 330 g/mol. The summed E-state index contributed by atoms with van der Waals surface area (Å²) in [7, 11) is 0. The van der Waals surface area contributed by atoms with Gasteiger partial charge in [-0.1, -0.05) is 48.9 Å². The van der Waals surface area contributed by atoms with Crippen molar-refractivity contribution >= 4 is 34.1 Å². The van der Waals surface area contributed by atoms with Crippen molar-refractivity contribution < 1.29 is 4.79 Å². The van der Waals surface area contributed by atoms with Gasteiger partial charge in [0.1, 0.15) is 6.04 Å². The summed E-state index contributed by atoms with van der Waals surface area (Å²) in [4.78, 5) is 14.8. The zero-order valence-electron chi connectivity index (χ0n) is 14.5. The van der Waals surface area contributed by atoms with Gasteiger partial charge in [-0.2, -0.15) is 0 Å². The highest BCUT2D eigenvalue weighted by Crippen LogP contribution is 2.20. The van der Waals surface area contributed by atoms with E-state index in [4.69, 9.17) is 12.2 Å². The van der Waals surface area contributed by atoms with Gasteiger partial charge in [-0.15, -0.1) is 0 Å². The molecule has 0 radical (unpaired) electrons. The summed E-state index contributed by atoms with van der Waals surface area (Å²) < 4.78 is 0. The van der Waals surface area contributed by atoms with E-state index < -0.39 is 0 Å². The Kier molecular flexibility index (Phi) is 5.34. The predicted octanol–water partition coefficient (Wildman–Crippen LogP) is 3.61. The van der Waals surface area contributed by atoms with Crippen LogP contribution >= 0.6 is 12.2 Å². The lowest BCUT2D eigenvalue weighted by Gasteiger charge is -2.11. The first kappa shape index (κ1) is 17.4. The lowest BCUT2D eigenvalue weighted by atomic mass is 9.95. The number of rotatable bonds is 2. The Bertz CT molecular complexity index is 849. The monoisotopic (exact) mass is 353 g/mol. The third kappa shape index (κ3) is 4.17. The van der Waals surface area contributed by atoms with Gasteiger partial charge in [0, 0.05) is 23.5 Å². The first-order valence-corrected chi connectivity index (χ1v) is 8.95. The lowest BCUT2D eigenvalue weighted by molar-refractivity contribution is -0.120. The van der Waals surface area contributed by atoms with E-state index in [0.717, 1.165) is 22.4 Å². The van der Waals surface area contributed by atoms with E-state index in [1.54, 1.807) is 0 Å². The number of allylic oxidation sites excluding steroid dienone is 4. The molecule has 1 aliphatic carbocycles. The van der Waals surface area contributed by atoms with Crippen LogP contribution in [0.1, 0.15) is 25.8 Å². The number of hydrogen-bond acceptors (Lipinski definition) is 2. The van der Waals surface area contributed by atoms with E-state index in [1.807, 2.05) is 30.5 Å². The van der Waals surface area contributed by atoms with Crippen LogP contribution in [0.3, 0.4) is 0 Å². The molecule has 25 heavy (non-hydrogen) atoms. The van der Waals surface area contributed by atoms with Crippen LogP contribution in [0.15, 0.2) is 54.3 Å². The normalized spacial score (nSPS) is 22.1. The third-order valence-corrected chi connectivity index (χ3v) is 4.94. The molecule has 2 heterocycles. The van der Waals surface area contributed by atoms with Crippen molar-refractivity contribution in [1.82, 2.24) is 15.6 Å². The predicted molar refractivity (Wildman–Crippen MR) is 106 cm³/mol. The molecule has 5 heteroatoms. The van der Waals surface area contributed by atoms with Crippen molar-refractivity contribution in [3.05, 3.63) is 59.8 Å². The van der Waals surface area contributed by atoms with Crippen LogP contribution in [-0.4, -0.2) is 22.0 Å². The molecule has 2 atom stereocenters. The number of aromatic amines is 1. The molecule has 130 valence electrons. The van der Waals surface area contributed by atoms with Crippen LogP contribution in [0.2, 0.25) is 0 Å². The van der Waals surface area contributed by atoms with Crippen molar-refractivity contribution in [2.75, 3.05) is 0 Å². The van der Waals surface area contributed by atoms with E-state index in [1.165, 1.54) is 12.0 Å². The molecule has 1 aromatic heterocycles. The molecule has 4 nitrogen and oxygen atoms in total. The van der Waals surface area contributed by atoms with E-state index in [9.17, 15) is 4.79 Å². The second-order valence-electron chi connectivity index (χ2n) is 6.55. The molecule has 1 fully saturated rings. The molecule has 4 rings (SSSR count). The van der Waals surface area contributed by atoms with Crippen molar-refractivity contribution in [1.29, 1.82) is 0 Å². The molecular formula is C20H23N3OS. The number of amides is 1. The zero-order valence-corrected chi connectivity index (χ0v) is 15.3. The van der Waals surface area contributed by atoms with Gasteiger partial charge in [0.05, 0.1) is 0 Å². The highest BCUT2D eigenvalue weighted by atomic mass is 32.1. The smallest absolute Gasteiger partial charge is 0.249 e. The summed E-state index contributed by atoms with van der Waals surface area (Å²) in [6, 6.07) is 7.78. The highest BCUT2D eigenvalue weighted by molar-refractivity contribution is 7.80. The number of thiocarbonyl (C=S) groups is 1. The number of H-pyrrole nitrogens is 1. The van der Waals surface area contributed by atoms with Gasteiger partial charge >= 0.3 is 0 Å². The minimum atomic E-state index is -0.262. The molecule has 0 spiro atoms. The van der Waals surface area contributed by atoms with Crippen LogP contribution in [0.4, 0.5) is 0 Å². The van der Waals surface area contributed by atoms with Crippen molar-refractivity contribution in [3.8, 4) is 0 Å². The van der Waals surface area contributed by atoms with E-state index >= 15 is 0 Å². The van der Waals surface area contributed by atoms with Crippen LogP contribution in [-0.2, 0) is 11.2 Å². The van der Waals surface area contributed by atoms with Crippen LogP contribution in [0.25, 0.3) is 10.9 Å². The van der Waals surface area contributed by atoms with Crippen LogP contribution < -0.4 is 10.6 Å². The molecule has 0 bridgehead atoms. The van der Waals surface area contributed by atoms with Gasteiger partial charge in [-0.25, -0.2) is 0 Å². The standard InChI is InChI=1S/C12H11N3OS.C8H12/c16-11-10(14-12(17)15-11)5-7-6-13-9-4-2-1-3-8(7)9;1-7-5-3-4-6-8(7)2/h1-4,6,10,13H,5H2,(H2,14,15,16,17);3-5,8H,6H2,1-2H3. The molecule has 1 amide bonds. The zero-order chi connectivity index (χ0) is 17.8. The van der Waals surface area contributed by atoms with Crippen LogP contribution in [0.5, 0.6) is 0 Å². The van der Waals surface area contributed by atoms with Crippen molar-refractivity contribution in [3.63, 3.8) is 0 Å². The minimum absolute atomic E-state index is 0.0553. The molecule has 2 unspecified atom stereocenters. The average molecular weight is 353 g/mol. The summed E-state index contributed by atoms with van der Waals surface area (Å²) in [5, 5.41) is 7.13. The summed E-state index contributed by atoms with van der Waals surface area (Å²) in [5.74, 6) is 0.722. The second kappa shape index (κ2) is 7.66. The number of fused-ring (bicyclic) bond motifs is 1. The Morgan fingerprint density at radius 3 is 2.72 bits per heavy atom. The number of aromatic nitrogens is 1. The SMILES string of the molecule is CC1=CC=CCC1C.O=C1NC(=S)NC1Cc1c[nH]c2ccccc12. The lowest BCUT2D eigenvalue weighted by Crippen LogP contribution is -2.30. The maximum Gasteiger partial charge on any atom is 0.249 e. The maximum atomic E-state index is 11.6. The molecule has 2 aromatic rings. The molecule has 3 N–H and O–H groups in total. The molecule has 2 aliphatic rings. The first-order chi connectivity index (χ1) is 12.0. The Morgan fingerprint density at radius 2 is 2.08 bits per heavy atom. The fourth-order valence-corrected chi connectivity index (χ4v) is 3.22. The largest absolute Gasteiger partial charge is 0.361 e. The van der Waals surface area contributed by atoms with Gasteiger partial charge in [0.15, 0.2) is 5.11 Å². The van der Waals surface area contributed by atoms with E-state index in [-0.39, 0.29) is 11.9 Å². The van der Waals surface area contributed by atoms with Crippen molar-refractivity contribution in [2.45, 2.75) is 32.7 Å². The highest BCUT2D eigenvalue weighted by Gasteiger charge is 2.27. The van der Waals surface area contributed by atoms with Gasteiger partial charge in [0.2, 0.25) is 5.91 Å². The molecule has 1 aliphatic heterocycles. The van der Waals surface area contributed by atoms with Crippen molar-refractivity contribution in [2.24, 2.45) is 5.92 Å². The molecule has 1 saturated heterocycles. The Labute approximate surface area is 153 Å². The number of hydrogen-bond donors (Lipinski definition) is 3. The minimum Gasteiger partial charge on any atom is -0.361 e. The van der Waals surface area contributed by atoms with Crippen LogP contribution in [0, 0.1) is 5.92 Å². The fraction of sp³-hybridized carbons (Fsp3) is 0.300. The average Bonchev–Trinajstić information content (AvgIpc) is 3.15. The summed E-state index contributed by atoms with van der Waals surface area (Å²) >= 11 is 4.91. The Morgan fingerprint density at radius 1 is 1.28 bits per heavy atom. The number of carbonyl (C=O) groups is 1. The van der Waals surface area contributed by atoms with Gasteiger partial charge in [-0.05, 0) is 43.1 Å². The molecule has 0 saturated carbocycles. The third-order valence-electron chi connectivity index (χ3n) is 4.72. The summed E-state index contributed by atoms with van der Waals surface area (Å²) in [5.41, 5.74) is 3.72. The Hall–Kier alpha value is -2.40. The molecule has 1 aromatic carbocycles. The topological polar surface area (TPSA) is 56.9 Å². The number of nitrogens with one attached hydrogen (secondary N) is 3. The maximum absolute atomic E-state index is 11.6. The van der Waals surface area contributed by atoms with E-state index in [2.05, 4.69) is 47.7 Å². The van der Waals surface area contributed by atoms with Gasteiger partial charge in [0.25, 0.3) is 0 Å². The van der Waals surface area contributed by atoms with E-state index in [0.29, 0.717) is 11.5 Å². The first-order valence-electron chi connectivity index (χ1n) is 8.54. The summed E-state index contributed by atoms with van der Waals surface area (Å²) in [6.45, 7) is 4.45.